The van der Waals surface area contributed by atoms with Crippen LogP contribution in [-0.4, -0.2) is 54.2 Å². The van der Waals surface area contributed by atoms with Crippen LogP contribution in [0.25, 0.3) is 0 Å². The Morgan fingerprint density at radius 1 is 1.32 bits per heavy atom. The summed E-state index contributed by atoms with van der Waals surface area (Å²) in [6.07, 6.45) is 0.648. The maximum Gasteiger partial charge on any atom is 0.0931 e. The second kappa shape index (κ2) is 8.51. The molecule has 1 heterocycles. The van der Waals surface area contributed by atoms with E-state index in [1.807, 2.05) is 6.07 Å². The largest absolute Gasteiger partial charge is 0.387 e. The summed E-state index contributed by atoms with van der Waals surface area (Å²) in [5.41, 5.74) is 0.762. The number of rotatable bonds is 7. The van der Waals surface area contributed by atoms with E-state index in [-0.39, 0.29) is 0 Å². The number of aliphatic hydroxyl groups excluding tert-OH is 1. The van der Waals surface area contributed by atoms with E-state index >= 15 is 0 Å². The van der Waals surface area contributed by atoms with E-state index in [9.17, 15) is 5.11 Å². The van der Waals surface area contributed by atoms with Crippen molar-refractivity contribution in [1.29, 1.82) is 0 Å². The second-order valence-electron chi connectivity index (χ2n) is 6.08. The topological polar surface area (TPSA) is 26.7 Å². The summed E-state index contributed by atoms with van der Waals surface area (Å²) in [5.74, 6) is 0.702. The van der Waals surface area contributed by atoms with E-state index in [1.165, 1.54) is 6.42 Å². The number of likely N-dealkylation sites (tertiary alicyclic amines) is 1. The van der Waals surface area contributed by atoms with Crippen LogP contribution in [0.1, 0.15) is 31.9 Å². The first-order chi connectivity index (χ1) is 10.5. The van der Waals surface area contributed by atoms with Crippen LogP contribution in [0.5, 0.6) is 0 Å². The number of hydrogen-bond acceptors (Lipinski definition) is 3. The molecule has 3 nitrogen and oxygen atoms in total. The Morgan fingerprint density at radius 2 is 2.05 bits per heavy atom. The molecule has 0 amide bonds. The maximum atomic E-state index is 10.4. The van der Waals surface area contributed by atoms with Gasteiger partial charge >= 0.3 is 0 Å². The molecule has 2 rings (SSSR count). The molecule has 0 spiro atoms. The molecule has 1 fully saturated rings. The van der Waals surface area contributed by atoms with Crippen LogP contribution in [0.15, 0.2) is 18.2 Å². The monoisotopic (exact) mass is 344 g/mol. The van der Waals surface area contributed by atoms with Crippen molar-refractivity contribution < 1.29 is 5.11 Å². The third-order valence-corrected chi connectivity index (χ3v) is 5.10. The average molecular weight is 345 g/mol. The number of nitrogens with zero attached hydrogens (tertiary/aromatic N) is 2. The lowest BCUT2D eigenvalue weighted by Crippen LogP contribution is -2.32. The summed E-state index contributed by atoms with van der Waals surface area (Å²) < 4.78 is 0. The van der Waals surface area contributed by atoms with Crippen molar-refractivity contribution in [3.05, 3.63) is 33.8 Å². The standard InChI is InChI=1S/C17H26Cl2N2O/c1-3-20(4-2)10-13-7-8-21(11-13)12-17(22)15-6-5-14(18)9-16(15)19/h5-6,9,13,17,22H,3-4,7-8,10-12H2,1-2H3. The lowest BCUT2D eigenvalue weighted by molar-refractivity contribution is 0.122. The minimum Gasteiger partial charge on any atom is -0.387 e. The molecule has 22 heavy (non-hydrogen) atoms. The van der Waals surface area contributed by atoms with Gasteiger partial charge in [0.25, 0.3) is 0 Å². The highest BCUT2D eigenvalue weighted by molar-refractivity contribution is 6.35. The molecule has 0 aliphatic carbocycles. The van der Waals surface area contributed by atoms with Gasteiger partial charge in [-0.1, -0.05) is 43.1 Å². The van der Waals surface area contributed by atoms with Gasteiger partial charge in [0.05, 0.1) is 6.10 Å². The van der Waals surface area contributed by atoms with Gasteiger partial charge < -0.3 is 14.9 Å². The van der Waals surface area contributed by atoms with Gasteiger partial charge in [0, 0.05) is 35.2 Å². The van der Waals surface area contributed by atoms with E-state index in [2.05, 4.69) is 23.6 Å². The number of aliphatic hydroxyl groups is 1. The van der Waals surface area contributed by atoms with Crippen LogP contribution in [0.4, 0.5) is 0 Å². The molecule has 1 aromatic rings. The van der Waals surface area contributed by atoms with Crippen molar-refractivity contribution in [1.82, 2.24) is 9.80 Å². The predicted molar refractivity (Wildman–Crippen MR) is 93.8 cm³/mol. The Labute approximate surface area is 143 Å². The fourth-order valence-electron chi connectivity index (χ4n) is 3.19. The summed E-state index contributed by atoms with van der Waals surface area (Å²) >= 11 is 12.1. The van der Waals surface area contributed by atoms with Gasteiger partial charge in [0.1, 0.15) is 0 Å². The number of benzene rings is 1. The third-order valence-electron chi connectivity index (χ3n) is 4.53. The Kier molecular flexibility index (Phi) is 6.97. The van der Waals surface area contributed by atoms with Crippen LogP contribution in [-0.2, 0) is 0 Å². The van der Waals surface area contributed by atoms with Crippen molar-refractivity contribution in [3.8, 4) is 0 Å². The van der Waals surface area contributed by atoms with Crippen molar-refractivity contribution in [2.75, 3.05) is 39.3 Å². The molecule has 1 aliphatic heterocycles. The molecule has 5 heteroatoms. The van der Waals surface area contributed by atoms with Gasteiger partial charge in [-0.15, -0.1) is 0 Å². The second-order valence-corrected chi connectivity index (χ2v) is 6.93. The third kappa shape index (κ3) is 4.84. The molecule has 1 N–H and O–H groups in total. The molecule has 0 bridgehead atoms. The smallest absolute Gasteiger partial charge is 0.0931 e. The average Bonchev–Trinajstić information content (AvgIpc) is 2.91. The van der Waals surface area contributed by atoms with Crippen LogP contribution in [0.3, 0.4) is 0 Å². The molecule has 1 aliphatic rings. The molecule has 2 unspecified atom stereocenters. The van der Waals surface area contributed by atoms with Gasteiger partial charge in [-0.25, -0.2) is 0 Å². The normalized spacial score (nSPS) is 20.7. The van der Waals surface area contributed by atoms with Gasteiger partial charge in [0.2, 0.25) is 0 Å². The Balaban J connectivity index is 1.86. The lowest BCUT2D eigenvalue weighted by Gasteiger charge is -2.24. The number of β-amino-alcohol motifs (C(OH)–C–C–N with tert-alkyl or cyclic N) is 1. The van der Waals surface area contributed by atoms with Crippen LogP contribution in [0, 0.1) is 5.92 Å². The van der Waals surface area contributed by atoms with Gasteiger partial charge in [-0.2, -0.15) is 0 Å². The van der Waals surface area contributed by atoms with Crippen molar-refractivity contribution in [2.24, 2.45) is 5.92 Å². The summed E-state index contributed by atoms with van der Waals surface area (Å²) in [4.78, 5) is 4.81. The molecule has 0 aromatic heterocycles. The molecule has 0 radical (unpaired) electrons. The van der Waals surface area contributed by atoms with Crippen molar-refractivity contribution in [2.45, 2.75) is 26.4 Å². The SMILES string of the molecule is CCN(CC)CC1CCN(CC(O)c2ccc(Cl)cc2Cl)C1. The molecular formula is C17H26Cl2N2O. The van der Waals surface area contributed by atoms with Crippen LogP contribution >= 0.6 is 23.2 Å². The van der Waals surface area contributed by atoms with Gasteiger partial charge in [-0.3, -0.25) is 0 Å². The summed E-state index contributed by atoms with van der Waals surface area (Å²) in [6.45, 7) is 10.5. The first-order valence-corrected chi connectivity index (χ1v) is 8.86. The van der Waals surface area contributed by atoms with E-state index in [0.29, 0.717) is 22.5 Å². The zero-order valence-corrected chi connectivity index (χ0v) is 14.9. The molecular weight excluding hydrogens is 319 g/mol. The van der Waals surface area contributed by atoms with E-state index in [4.69, 9.17) is 23.2 Å². The van der Waals surface area contributed by atoms with Crippen LogP contribution in [0.2, 0.25) is 10.0 Å². The summed E-state index contributed by atoms with van der Waals surface area (Å²) in [5, 5.41) is 11.6. The Morgan fingerprint density at radius 3 is 2.68 bits per heavy atom. The highest BCUT2D eigenvalue weighted by Gasteiger charge is 2.26. The minimum atomic E-state index is -0.558. The lowest BCUT2D eigenvalue weighted by atomic mass is 10.1. The van der Waals surface area contributed by atoms with Crippen LogP contribution < -0.4 is 0 Å². The quantitative estimate of drug-likeness (QED) is 0.816. The zero-order chi connectivity index (χ0) is 16.1. The minimum absolute atomic E-state index is 0.541. The Bertz CT molecular complexity index is 480. The highest BCUT2D eigenvalue weighted by Crippen LogP contribution is 2.28. The molecule has 0 saturated carbocycles. The highest BCUT2D eigenvalue weighted by atomic mass is 35.5. The van der Waals surface area contributed by atoms with E-state index in [0.717, 1.165) is 38.3 Å². The predicted octanol–water partition coefficient (Wildman–Crippen LogP) is 3.69. The van der Waals surface area contributed by atoms with Crippen molar-refractivity contribution in [3.63, 3.8) is 0 Å². The molecule has 1 aromatic carbocycles. The first-order valence-electron chi connectivity index (χ1n) is 8.11. The molecule has 2 atom stereocenters. The van der Waals surface area contributed by atoms with Gasteiger partial charge in [0.15, 0.2) is 0 Å². The first kappa shape index (κ1) is 18.0. The number of halogens is 2. The van der Waals surface area contributed by atoms with Gasteiger partial charge in [-0.05, 0) is 44.1 Å². The molecule has 1 saturated heterocycles. The molecule has 124 valence electrons. The van der Waals surface area contributed by atoms with E-state index < -0.39 is 6.10 Å². The Hall–Kier alpha value is -0.320. The fourth-order valence-corrected chi connectivity index (χ4v) is 3.72. The number of hydrogen-bond donors (Lipinski definition) is 1. The fraction of sp³-hybridized carbons (Fsp3) is 0.647. The summed E-state index contributed by atoms with van der Waals surface area (Å²) in [6, 6.07) is 5.28. The zero-order valence-electron chi connectivity index (χ0n) is 13.4. The summed E-state index contributed by atoms with van der Waals surface area (Å²) in [7, 11) is 0. The van der Waals surface area contributed by atoms with Crippen molar-refractivity contribution >= 4 is 23.2 Å². The van der Waals surface area contributed by atoms with E-state index in [1.54, 1.807) is 12.1 Å². The maximum absolute atomic E-state index is 10.4.